The molecular weight excluding hydrogens is 576 g/mol. The summed E-state index contributed by atoms with van der Waals surface area (Å²) in [6, 6.07) is 13.5. The minimum atomic E-state index is -0.0999. The number of thiophene rings is 1. The van der Waals surface area contributed by atoms with E-state index in [9.17, 15) is 4.79 Å². The maximum absolute atomic E-state index is 13.5. The van der Waals surface area contributed by atoms with Crippen LogP contribution in [0.5, 0.6) is 5.75 Å². The van der Waals surface area contributed by atoms with Crippen LogP contribution in [0.1, 0.15) is 53.6 Å². The number of hydrogen-bond acceptors (Lipinski definition) is 4. The maximum atomic E-state index is 13.5. The summed E-state index contributed by atoms with van der Waals surface area (Å²) in [7, 11) is 1.64. The van der Waals surface area contributed by atoms with Crippen molar-refractivity contribution >= 4 is 66.0 Å². The number of ether oxygens (including phenoxy) is 1. The first-order valence-corrected chi connectivity index (χ1v) is 13.6. The minimum absolute atomic E-state index is 0.0999. The summed E-state index contributed by atoms with van der Waals surface area (Å²) in [5.41, 5.74) is 3.80. The van der Waals surface area contributed by atoms with E-state index < -0.39 is 0 Å². The number of aliphatic imine (C=N–C) groups is 1. The molecule has 1 aliphatic carbocycles. The number of nitrogens with zero attached hydrogens (tertiary/aromatic N) is 1. The van der Waals surface area contributed by atoms with Gasteiger partial charge in [-0.15, -0.1) is 11.3 Å². The van der Waals surface area contributed by atoms with E-state index in [4.69, 9.17) is 9.73 Å². The molecule has 3 aromatic rings. The lowest BCUT2D eigenvalue weighted by atomic mass is 9.72. The minimum Gasteiger partial charge on any atom is -0.496 e. The Morgan fingerprint density at radius 2 is 1.91 bits per heavy atom. The fourth-order valence-electron chi connectivity index (χ4n) is 4.26. The van der Waals surface area contributed by atoms with Gasteiger partial charge in [0.05, 0.1) is 17.1 Å². The number of rotatable bonds is 5. The molecule has 0 aliphatic heterocycles. The van der Waals surface area contributed by atoms with Crippen molar-refractivity contribution in [1.82, 2.24) is 0 Å². The summed E-state index contributed by atoms with van der Waals surface area (Å²) < 4.78 is 7.17. The second kappa shape index (κ2) is 10.3. The van der Waals surface area contributed by atoms with E-state index in [2.05, 4.69) is 57.9 Å². The highest BCUT2D eigenvalue weighted by atomic mass is 79.9. The zero-order valence-electron chi connectivity index (χ0n) is 19.7. The Labute approximate surface area is 222 Å². The number of benzene rings is 2. The first kappa shape index (κ1) is 25.1. The van der Waals surface area contributed by atoms with Gasteiger partial charge in [-0.05, 0) is 100 Å². The molecule has 7 heteroatoms. The molecular formula is C27H28Br2N2O2S. The molecule has 1 heterocycles. The van der Waals surface area contributed by atoms with Crippen molar-refractivity contribution in [3.8, 4) is 5.75 Å². The molecule has 34 heavy (non-hydrogen) atoms. The average molecular weight is 604 g/mol. The number of hydrogen-bond donors (Lipinski definition) is 1. The van der Waals surface area contributed by atoms with Crippen LogP contribution in [0.3, 0.4) is 0 Å². The Morgan fingerprint density at radius 1 is 1.18 bits per heavy atom. The van der Waals surface area contributed by atoms with Gasteiger partial charge in [0.25, 0.3) is 5.91 Å². The average Bonchev–Trinajstić information content (AvgIpc) is 3.16. The Kier molecular flexibility index (Phi) is 7.65. The first-order valence-electron chi connectivity index (χ1n) is 11.2. The standard InChI is InChI=1S/C27H28Br2N2O2S/c1-27(2,3)17-6-11-20-23(14-17)34-26(30-15-16-5-12-22(33-4)21(29)13-16)24(20)25(32)31-19-9-7-18(28)8-10-19/h5,7-10,12-13,15,17H,6,11,14H2,1-4H3,(H,31,32)/b30-15+. The number of halogens is 2. The molecule has 0 saturated carbocycles. The number of carbonyl (C=O) groups is 1. The van der Waals surface area contributed by atoms with Crippen molar-refractivity contribution in [2.24, 2.45) is 16.3 Å². The van der Waals surface area contributed by atoms with Crippen LogP contribution in [0, 0.1) is 11.3 Å². The van der Waals surface area contributed by atoms with Gasteiger partial charge in [0.1, 0.15) is 10.8 Å². The molecule has 0 fully saturated rings. The Hall–Kier alpha value is -1.96. The molecule has 4 nitrogen and oxygen atoms in total. The molecule has 1 atom stereocenters. The maximum Gasteiger partial charge on any atom is 0.259 e. The normalized spacial score (nSPS) is 15.9. The lowest BCUT2D eigenvalue weighted by Crippen LogP contribution is -2.27. The van der Waals surface area contributed by atoms with Crippen LogP contribution < -0.4 is 10.1 Å². The van der Waals surface area contributed by atoms with Crippen molar-refractivity contribution in [3.05, 3.63) is 73.0 Å². The van der Waals surface area contributed by atoms with Gasteiger partial charge in [-0.1, -0.05) is 36.7 Å². The van der Waals surface area contributed by atoms with Crippen molar-refractivity contribution < 1.29 is 9.53 Å². The van der Waals surface area contributed by atoms with E-state index in [1.54, 1.807) is 18.4 Å². The first-order chi connectivity index (χ1) is 16.2. The Morgan fingerprint density at radius 3 is 2.56 bits per heavy atom. The highest BCUT2D eigenvalue weighted by Gasteiger charge is 2.33. The van der Waals surface area contributed by atoms with Gasteiger partial charge in [-0.2, -0.15) is 0 Å². The van der Waals surface area contributed by atoms with Crippen molar-refractivity contribution in [2.75, 3.05) is 12.4 Å². The molecule has 4 rings (SSSR count). The Bertz CT molecular complexity index is 1230. The molecule has 1 aliphatic rings. The third-order valence-corrected chi connectivity index (χ3v) is 8.62. The summed E-state index contributed by atoms with van der Waals surface area (Å²) in [5, 5.41) is 3.84. The molecule has 0 spiro atoms. The molecule has 178 valence electrons. The number of methoxy groups -OCH3 is 1. The second-order valence-corrected chi connectivity index (χ2v) is 12.5. The summed E-state index contributed by atoms with van der Waals surface area (Å²) in [4.78, 5) is 19.6. The van der Waals surface area contributed by atoms with Gasteiger partial charge in [-0.25, -0.2) is 4.99 Å². The van der Waals surface area contributed by atoms with Gasteiger partial charge in [0.2, 0.25) is 0 Å². The summed E-state index contributed by atoms with van der Waals surface area (Å²) in [5.74, 6) is 1.26. The molecule has 1 unspecified atom stereocenters. The quantitative estimate of drug-likeness (QED) is 0.297. The summed E-state index contributed by atoms with van der Waals surface area (Å²) in [6.07, 6.45) is 4.80. The summed E-state index contributed by atoms with van der Waals surface area (Å²) >= 11 is 8.63. The van der Waals surface area contributed by atoms with E-state index in [-0.39, 0.29) is 11.3 Å². The monoisotopic (exact) mass is 602 g/mol. The number of amides is 1. The third kappa shape index (κ3) is 5.64. The smallest absolute Gasteiger partial charge is 0.259 e. The van der Waals surface area contributed by atoms with Crippen LogP contribution in [-0.2, 0) is 12.8 Å². The van der Waals surface area contributed by atoms with Crippen LogP contribution in [0.4, 0.5) is 10.7 Å². The highest BCUT2D eigenvalue weighted by molar-refractivity contribution is 9.10. The van der Waals surface area contributed by atoms with Gasteiger partial charge in [0.15, 0.2) is 0 Å². The number of nitrogens with one attached hydrogen (secondary N) is 1. The van der Waals surface area contributed by atoms with E-state index in [1.807, 2.05) is 48.7 Å². The van der Waals surface area contributed by atoms with Crippen LogP contribution >= 0.6 is 43.2 Å². The van der Waals surface area contributed by atoms with E-state index in [0.29, 0.717) is 11.5 Å². The van der Waals surface area contributed by atoms with Gasteiger partial charge in [0, 0.05) is 21.3 Å². The van der Waals surface area contributed by atoms with Crippen molar-refractivity contribution in [3.63, 3.8) is 0 Å². The van der Waals surface area contributed by atoms with Crippen LogP contribution in [-0.4, -0.2) is 19.2 Å². The predicted octanol–water partition coefficient (Wildman–Crippen LogP) is 8.44. The molecule has 1 aromatic heterocycles. The van der Waals surface area contributed by atoms with Gasteiger partial charge >= 0.3 is 0 Å². The van der Waals surface area contributed by atoms with E-state index >= 15 is 0 Å². The van der Waals surface area contributed by atoms with Crippen molar-refractivity contribution in [2.45, 2.75) is 40.0 Å². The fraction of sp³-hybridized carbons (Fsp3) is 0.333. The number of carbonyl (C=O) groups excluding carboxylic acids is 1. The molecule has 0 radical (unpaired) electrons. The molecule has 2 aromatic carbocycles. The van der Waals surface area contributed by atoms with Crippen LogP contribution in [0.15, 0.2) is 56.4 Å². The topological polar surface area (TPSA) is 50.7 Å². The molecule has 0 saturated heterocycles. The van der Waals surface area contributed by atoms with Crippen LogP contribution in [0.25, 0.3) is 0 Å². The number of fused-ring (bicyclic) bond motifs is 1. The second-order valence-electron chi connectivity index (χ2n) is 9.60. The zero-order chi connectivity index (χ0) is 24.5. The predicted molar refractivity (Wildman–Crippen MR) is 149 cm³/mol. The van der Waals surface area contributed by atoms with Gasteiger partial charge < -0.3 is 10.1 Å². The SMILES string of the molecule is COc1ccc(/C=N/c2sc3c(c2C(=O)Nc2ccc(Br)cc2)CCC(C(C)(C)C)C3)cc1Br. The molecule has 1 N–H and O–H groups in total. The Balaban J connectivity index is 1.69. The molecule has 1 amide bonds. The lowest BCUT2D eigenvalue weighted by molar-refractivity contribution is 0.102. The van der Waals surface area contributed by atoms with Crippen LogP contribution in [0.2, 0.25) is 0 Å². The van der Waals surface area contributed by atoms with E-state index in [0.717, 1.165) is 55.8 Å². The highest BCUT2D eigenvalue weighted by Crippen LogP contribution is 2.45. The fourth-order valence-corrected chi connectivity index (χ4v) is 6.35. The third-order valence-electron chi connectivity index (χ3n) is 6.31. The largest absolute Gasteiger partial charge is 0.496 e. The molecule has 0 bridgehead atoms. The van der Waals surface area contributed by atoms with Crippen molar-refractivity contribution in [1.29, 1.82) is 0 Å². The van der Waals surface area contributed by atoms with Gasteiger partial charge in [-0.3, -0.25) is 4.79 Å². The summed E-state index contributed by atoms with van der Waals surface area (Å²) in [6.45, 7) is 6.91. The van der Waals surface area contributed by atoms with E-state index in [1.165, 1.54) is 4.88 Å². The zero-order valence-corrected chi connectivity index (χ0v) is 23.7. The number of anilines is 1. The lowest BCUT2D eigenvalue weighted by Gasteiger charge is -2.33.